The van der Waals surface area contributed by atoms with E-state index in [9.17, 15) is 4.79 Å². The Morgan fingerprint density at radius 1 is 1.29 bits per heavy atom. The van der Waals surface area contributed by atoms with Crippen molar-refractivity contribution in [2.24, 2.45) is 0 Å². The third-order valence-electron chi connectivity index (χ3n) is 6.23. The molecule has 0 aromatic carbocycles. The zero-order chi connectivity index (χ0) is 19.7. The summed E-state index contributed by atoms with van der Waals surface area (Å²) in [5.41, 5.74) is 4.39. The van der Waals surface area contributed by atoms with Gasteiger partial charge in [0.05, 0.1) is 17.6 Å². The van der Waals surface area contributed by atoms with Gasteiger partial charge in [0.15, 0.2) is 0 Å². The first-order chi connectivity index (χ1) is 13.5. The Labute approximate surface area is 166 Å². The zero-order valence-electron chi connectivity index (χ0n) is 17.1. The molecule has 1 fully saturated rings. The van der Waals surface area contributed by atoms with E-state index in [2.05, 4.69) is 34.9 Å². The highest BCUT2D eigenvalue weighted by Gasteiger charge is 2.47. The minimum atomic E-state index is -0.0820. The van der Waals surface area contributed by atoms with E-state index in [1.165, 1.54) is 17.0 Å². The summed E-state index contributed by atoms with van der Waals surface area (Å²) in [6.45, 7) is 10.5. The van der Waals surface area contributed by atoms with Gasteiger partial charge < -0.3 is 9.88 Å². The minimum Gasteiger partial charge on any atom is -0.348 e. The van der Waals surface area contributed by atoms with E-state index in [1.54, 1.807) is 10.9 Å². The second-order valence-corrected chi connectivity index (χ2v) is 8.06. The number of nitrogens with zero attached hydrogens (tertiary/aromatic N) is 5. The van der Waals surface area contributed by atoms with Gasteiger partial charge in [-0.15, -0.1) is 0 Å². The molecule has 4 rings (SSSR count). The number of likely N-dealkylation sites (tertiary alicyclic amines) is 1. The lowest BCUT2D eigenvalue weighted by atomic mass is 9.78. The molecule has 1 amide bonds. The number of amides is 1. The van der Waals surface area contributed by atoms with Crippen LogP contribution in [0.5, 0.6) is 0 Å². The summed E-state index contributed by atoms with van der Waals surface area (Å²) in [6.07, 6.45) is 8.66. The number of aromatic nitrogens is 4. The van der Waals surface area contributed by atoms with Gasteiger partial charge in [-0.2, -0.15) is 5.10 Å². The van der Waals surface area contributed by atoms with Crippen LogP contribution in [0.3, 0.4) is 0 Å². The van der Waals surface area contributed by atoms with E-state index in [4.69, 9.17) is 4.98 Å². The van der Waals surface area contributed by atoms with Gasteiger partial charge in [0.25, 0.3) is 5.91 Å². The van der Waals surface area contributed by atoms with Gasteiger partial charge in [0.2, 0.25) is 0 Å². The van der Waals surface area contributed by atoms with Gasteiger partial charge in [-0.3, -0.25) is 14.4 Å². The molecule has 1 saturated heterocycles. The maximum atomic E-state index is 13.0. The molecule has 7 nitrogen and oxygen atoms in total. The lowest BCUT2D eigenvalue weighted by Crippen LogP contribution is -2.57. The lowest BCUT2D eigenvalue weighted by Gasteiger charge is -2.50. The Balaban J connectivity index is 1.56. The van der Waals surface area contributed by atoms with Crippen LogP contribution < -0.4 is 0 Å². The number of fused-ring (bicyclic) bond motifs is 2. The average molecular weight is 383 g/mol. The van der Waals surface area contributed by atoms with Crippen molar-refractivity contribution in [1.29, 1.82) is 0 Å². The Morgan fingerprint density at radius 2 is 2.07 bits per heavy atom. The summed E-state index contributed by atoms with van der Waals surface area (Å²) < 4.78 is 1.78. The number of aromatic amines is 1. The maximum absolute atomic E-state index is 13.0. The quantitative estimate of drug-likeness (QED) is 0.825. The second kappa shape index (κ2) is 7.54. The number of carbonyl (C=O) groups is 1. The number of piperidine rings is 1. The highest BCUT2D eigenvalue weighted by Crippen LogP contribution is 2.42. The van der Waals surface area contributed by atoms with Crippen molar-refractivity contribution in [1.82, 2.24) is 29.5 Å². The molecule has 0 bridgehead atoms. The molecule has 2 aromatic heterocycles. The third kappa shape index (κ3) is 3.17. The zero-order valence-corrected chi connectivity index (χ0v) is 17.1. The summed E-state index contributed by atoms with van der Waals surface area (Å²) in [4.78, 5) is 25.6. The fourth-order valence-corrected chi connectivity index (χ4v) is 4.64. The monoisotopic (exact) mass is 382 g/mol. The fourth-order valence-electron chi connectivity index (χ4n) is 4.64. The topological polar surface area (TPSA) is 70.0 Å². The van der Waals surface area contributed by atoms with E-state index in [-0.39, 0.29) is 11.4 Å². The molecule has 150 valence electrons. The van der Waals surface area contributed by atoms with E-state index in [1.807, 2.05) is 24.2 Å². The van der Waals surface area contributed by atoms with Crippen LogP contribution in [0.25, 0.3) is 0 Å². The van der Waals surface area contributed by atoms with E-state index >= 15 is 0 Å². The predicted molar refractivity (Wildman–Crippen MR) is 108 cm³/mol. The van der Waals surface area contributed by atoms with Crippen LogP contribution >= 0.6 is 0 Å². The molecule has 28 heavy (non-hydrogen) atoms. The Hall–Kier alpha value is -2.41. The fraction of sp³-hybridized carbons (Fsp3) is 0.571. The van der Waals surface area contributed by atoms with E-state index in [0.717, 1.165) is 45.4 Å². The predicted octanol–water partition coefficient (Wildman–Crippen LogP) is 2.58. The van der Waals surface area contributed by atoms with E-state index < -0.39 is 0 Å². The van der Waals surface area contributed by atoms with Crippen LogP contribution in [-0.2, 0) is 18.5 Å². The van der Waals surface area contributed by atoms with Crippen molar-refractivity contribution < 1.29 is 4.79 Å². The van der Waals surface area contributed by atoms with Crippen molar-refractivity contribution >= 4 is 5.91 Å². The number of H-pyrrole nitrogens is 1. The summed E-state index contributed by atoms with van der Waals surface area (Å²) in [5, 5.41) is 4.25. The number of rotatable bonds is 4. The van der Waals surface area contributed by atoms with Crippen LogP contribution in [0.2, 0.25) is 0 Å². The Morgan fingerprint density at radius 3 is 2.79 bits per heavy atom. The van der Waals surface area contributed by atoms with Crippen LogP contribution in [0.1, 0.15) is 55.5 Å². The van der Waals surface area contributed by atoms with Crippen molar-refractivity contribution in [2.45, 2.75) is 52.1 Å². The standard InChI is InChI=1S/C21H30N6O/c1-4-27-18(5-10-24-27)20(28)25-13-8-21(9-14-25)19-17(22-15-23-19)7-12-26(21)11-6-16(2)3/h5-6,10,15H,4,7-9,11-14H2,1-3H3,(H,22,23). The number of imidazole rings is 1. The molecule has 2 aliphatic heterocycles. The van der Waals surface area contributed by atoms with Gasteiger partial charge >= 0.3 is 0 Å². The maximum Gasteiger partial charge on any atom is 0.272 e. The van der Waals surface area contributed by atoms with Gasteiger partial charge in [-0.05, 0) is 39.7 Å². The van der Waals surface area contributed by atoms with E-state index in [0.29, 0.717) is 12.2 Å². The van der Waals surface area contributed by atoms with Crippen molar-refractivity contribution in [3.8, 4) is 0 Å². The molecule has 1 N–H and O–H groups in total. The third-order valence-corrected chi connectivity index (χ3v) is 6.23. The molecule has 0 saturated carbocycles. The molecule has 0 unspecified atom stereocenters. The molecule has 0 aliphatic carbocycles. The van der Waals surface area contributed by atoms with Crippen molar-refractivity contribution in [3.05, 3.63) is 47.3 Å². The SMILES string of the molecule is CCn1nccc1C(=O)N1CCC2(CC1)c1nc[nH]c1CCN2CC=C(C)C. The van der Waals surface area contributed by atoms with Crippen molar-refractivity contribution in [2.75, 3.05) is 26.2 Å². The first-order valence-electron chi connectivity index (χ1n) is 10.3. The number of allylic oxidation sites excluding steroid dienone is 1. The number of carbonyl (C=O) groups excluding carboxylic acids is 1. The normalized spacial score (nSPS) is 18.9. The lowest BCUT2D eigenvalue weighted by molar-refractivity contribution is 0.0135. The van der Waals surface area contributed by atoms with Gasteiger partial charge in [-0.1, -0.05) is 11.6 Å². The average Bonchev–Trinajstić information content (AvgIpc) is 3.37. The molecule has 2 aromatic rings. The van der Waals surface area contributed by atoms with Crippen molar-refractivity contribution in [3.63, 3.8) is 0 Å². The molecule has 4 heterocycles. The summed E-state index contributed by atoms with van der Waals surface area (Å²) in [7, 11) is 0. The largest absolute Gasteiger partial charge is 0.348 e. The molecular formula is C21H30N6O. The number of hydrogen-bond donors (Lipinski definition) is 1. The minimum absolute atomic E-state index is 0.0820. The Kier molecular flexibility index (Phi) is 5.10. The summed E-state index contributed by atoms with van der Waals surface area (Å²) in [6, 6.07) is 1.82. The second-order valence-electron chi connectivity index (χ2n) is 8.06. The molecule has 0 radical (unpaired) electrons. The first-order valence-corrected chi connectivity index (χ1v) is 10.3. The van der Waals surface area contributed by atoms with Gasteiger partial charge in [0, 0.05) is 51.0 Å². The molecule has 2 aliphatic rings. The smallest absolute Gasteiger partial charge is 0.272 e. The van der Waals surface area contributed by atoms with Crippen LogP contribution in [0.15, 0.2) is 30.2 Å². The van der Waals surface area contributed by atoms with Crippen LogP contribution in [0, 0.1) is 0 Å². The highest BCUT2D eigenvalue weighted by atomic mass is 16.2. The molecule has 7 heteroatoms. The van der Waals surface area contributed by atoms with Crippen LogP contribution in [-0.4, -0.2) is 61.6 Å². The summed E-state index contributed by atoms with van der Waals surface area (Å²) >= 11 is 0. The number of aryl methyl sites for hydroxylation is 1. The van der Waals surface area contributed by atoms with Gasteiger partial charge in [-0.25, -0.2) is 4.98 Å². The molecular weight excluding hydrogens is 352 g/mol. The van der Waals surface area contributed by atoms with Crippen LogP contribution in [0.4, 0.5) is 0 Å². The molecule has 1 spiro atoms. The number of hydrogen-bond acceptors (Lipinski definition) is 4. The Bertz CT molecular complexity index is 867. The number of nitrogens with one attached hydrogen (secondary N) is 1. The summed E-state index contributed by atoms with van der Waals surface area (Å²) in [5.74, 6) is 0.0862. The highest BCUT2D eigenvalue weighted by molar-refractivity contribution is 5.92. The van der Waals surface area contributed by atoms with Gasteiger partial charge in [0.1, 0.15) is 5.69 Å². The molecule has 0 atom stereocenters. The first kappa shape index (κ1) is 18.9.